The lowest BCUT2D eigenvalue weighted by molar-refractivity contribution is 0.254. The summed E-state index contributed by atoms with van der Waals surface area (Å²) in [6, 6.07) is -0.387. The number of hydrogen-bond donors (Lipinski definition) is 2. The van der Waals surface area contributed by atoms with E-state index in [1.54, 1.807) is 17.9 Å². The Hall–Kier alpha value is -1.89. The molecule has 7 nitrogen and oxygen atoms in total. The van der Waals surface area contributed by atoms with Crippen molar-refractivity contribution in [1.29, 1.82) is 0 Å². The number of anilines is 1. The zero-order valence-corrected chi connectivity index (χ0v) is 9.41. The van der Waals surface area contributed by atoms with Crippen LogP contribution in [0.25, 0.3) is 11.2 Å². The van der Waals surface area contributed by atoms with E-state index in [0.29, 0.717) is 11.2 Å². The van der Waals surface area contributed by atoms with Gasteiger partial charge in [0, 0.05) is 14.1 Å². The number of aromatic nitrogens is 4. The smallest absolute Gasteiger partial charge is 0.320 e. The number of urea groups is 1. The number of fused-ring (bicyclic) bond motifs is 1. The lowest BCUT2D eigenvalue weighted by atomic mass is 10.5. The van der Waals surface area contributed by atoms with Crippen LogP contribution in [0.1, 0.15) is 0 Å². The minimum absolute atomic E-state index is 0.0579. The highest BCUT2D eigenvalue weighted by atomic mass is 35.5. The lowest BCUT2D eigenvalue weighted by Gasteiger charge is -2.04. The summed E-state index contributed by atoms with van der Waals surface area (Å²) in [7, 11) is 3.29. The van der Waals surface area contributed by atoms with Crippen molar-refractivity contribution in [3.05, 3.63) is 11.6 Å². The van der Waals surface area contributed by atoms with E-state index in [1.165, 1.54) is 7.05 Å². The number of hydrogen-bond acceptors (Lipinski definition) is 4. The summed E-state index contributed by atoms with van der Waals surface area (Å²) in [5.74, 6) is 0.287. The molecule has 0 saturated carbocycles. The number of aryl methyl sites for hydroxylation is 1. The van der Waals surface area contributed by atoms with Gasteiger partial charge in [0.05, 0.1) is 6.33 Å². The van der Waals surface area contributed by atoms with Gasteiger partial charge in [0.2, 0.25) is 5.28 Å². The van der Waals surface area contributed by atoms with E-state index >= 15 is 0 Å². The van der Waals surface area contributed by atoms with E-state index in [0.717, 1.165) is 0 Å². The second-order valence-electron chi connectivity index (χ2n) is 3.07. The molecule has 0 saturated heterocycles. The zero-order valence-electron chi connectivity index (χ0n) is 8.65. The van der Waals surface area contributed by atoms with Gasteiger partial charge in [-0.05, 0) is 11.6 Å². The van der Waals surface area contributed by atoms with Gasteiger partial charge in [-0.1, -0.05) is 0 Å². The van der Waals surface area contributed by atoms with Crippen LogP contribution in [0.3, 0.4) is 0 Å². The SMILES string of the molecule is CNC(=O)Nc1nc(Cl)nc2c1ncn2C. The summed E-state index contributed by atoms with van der Waals surface area (Å²) in [5.41, 5.74) is 1.06. The van der Waals surface area contributed by atoms with Crippen molar-refractivity contribution >= 4 is 34.6 Å². The molecular formula is C8H9ClN6O. The molecule has 2 N–H and O–H groups in total. The monoisotopic (exact) mass is 240 g/mol. The first-order valence-corrected chi connectivity index (χ1v) is 4.83. The lowest BCUT2D eigenvalue weighted by Crippen LogP contribution is -2.25. The number of carbonyl (C=O) groups excluding carboxylic acids is 1. The molecule has 2 heterocycles. The van der Waals surface area contributed by atoms with Gasteiger partial charge in [0.25, 0.3) is 0 Å². The molecule has 0 atom stereocenters. The van der Waals surface area contributed by atoms with Gasteiger partial charge in [-0.2, -0.15) is 9.97 Å². The fourth-order valence-electron chi connectivity index (χ4n) is 1.24. The van der Waals surface area contributed by atoms with Gasteiger partial charge in [0.1, 0.15) is 0 Å². The maximum Gasteiger partial charge on any atom is 0.320 e. The van der Waals surface area contributed by atoms with Crippen molar-refractivity contribution < 1.29 is 4.79 Å². The number of nitrogens with one attached hydrogen (secondary N) is 2. The van der Waals surface area contributed by atoms with Crippen LogP contribution in [0.2, 0.25) is 5.28 Å². The molecule has 0 unspecified atom stereocenters. The Morgan fingerprint density at radius 3 is 2.94 bits per heavy atom. The number of rotatable bonds is 1. The van der Waals surface area contributed by atoms with Crippen molar-refractivity contribution in [3.8, 4) is 0 Å². The first-order chi connectivity index (χ1) is 7.61. The van der Waals surface area contributed by atoms with Gasteiger partial charge < -0.3 is 9.88 Å². The molecule has 0 aliphatic heterocycles. The third-order valence-electron chi connectivity index (χ3n) is 1.99. The first-order valence-electron chi connectivity index (χ1n) is 4.45. The average molecular weight is 241 g/mol. The van der Waals surface area contributed by atoms with Crippen LogP contribution in [0, 0.1) is 0 Å². The van der Waals surface area contributed by atoms with Crippen molar-refractivity contribution in [3.63, 3.8) is 0 Å². The quantitative estimate of drug-likeness (QED) is 0.721. The summed E-state index contributed by atoms with van der Waals surface area (Å²) in [6.45, 7) is 0. The van der Waals surface area contributed by atoms with E-state index in [-0.39, 0.29) is 17.1 Å². The molecule has 2 amide bonds. The normalized spacial score (nSPS) is 10.4. The fourth-order valence-corrected chi connectivity index (χ4v) is 1.40. The van der Waals surface area contributed by atoms with Crippen LogP contribution >= 0.6 is 11.6 Å². The number of nitrogens with zero attached hydrogens (tertiary/aromatic N) is 4. The fraction of sp³-hybridized carbons (Fsp3) is 0.250. The van der Waals surface area contributed by atoms with Gasteiger partial charge in [0.15, 0.2) is 17.0 Å². The Bertz CT molecular complexity index is 551. The Morgan fingerprint density at radius 2 is 2.25 bits per heavy atom. The molecule has 0 radical (unpaired) electrons. The van der Waals surface area contributed by atoms with E-state index in [2.05, 4.69) is 25.6 Å². The Balaban J connectivity index is 2.55. The predicted molar refractivity (Wildman–Crippen MR) is 59.4 cm³/mol. The maximum absolute atomic E-state index is 11.2. The summed E-state index contributed by atoms with van der Waals surface area (Å²) in [6.07, 6.45) is 1.57. The summed E-state index contributed by atoms with van der Waals surface area (Å²) in [5, 5.41) is 5.00. The van der Waals surface area contributed by atoms with Crippen molar-refractivity contribution in [1.82, 2.24) is 24.8 Å². The van der Waals surface area contributed by atoms with Gasteiger partial charge in [-0.25, -0.2) is 9.78 Å². The van der Waals surface area contributed by atoms with Crippen molar-refractivity contribution in [2.75, 3.05) is 12.4 Å². The van der Waals surface area contributed by atoms with E-state index in [1.807, 2.05) is 0 Å². The highest BCUT2D eigenvalue weighted by Gasteiger charge is 2.12. The molecular weight excluding hydrogens is 232 g/mol. The van der Waals surface area contributed by atoms with Crippen LogP contribution in [-0.2, 0) is 7.05 Å². The van der Waals surface area contributed by atoms with Crippen LogP contribution in [0.4, 0.5) is 10.6 Å². The minimum atomic E-state index is -0.387. The predicted octanol–water partition coefficient (Wildman–Crippen LogP) is 0.768. The number of carbonyl (C=O) groups is 1. The van der Waals surface area contributed by atoms with Crippen LogP contribution in [-0.4, -0.2) is 32.6 Å². The average Bonchev–Trinajstić information content (AvgIpc) is 2.60. The van der Waals surface area contributed by atoms with Crippen molar-refractivity contribution in [2.24, 2.45) is 7.05 Å². The highest BCUT2D eigenvalue weighted by Crippen LogP contribution is 2.19. The first kappa shape index (κ1) is 10.6. The highest BCUT2D eigenvalue weighted by molar-refractivity contribution is 6.28. The Morgan fingerprint density at radius 1 is 1.50 bits per heavy atom. The molecule has 0 bridgehead atoms. The molecule has 2 aromatic rings. The van der Waals surface area contributed by atoms with Crippen LogP contribution in [0.15, 0.2) is 6.33 Å². The largest absolute Gasteiger partial charge is 0.341 e. The molecule has 0 spiro atoms. The molecule has 2 rings (SSSR count). The van der Waals surface area contributed by atoms with Gasteiger partial charge in [-0.15, -0.1) is 0 Å². The molecule has 8 heteroatoms. The van der Waals surface area contributed by atoms with E-state index in [9.17, 15) is 4.79 Å². The molecule has 0 fully saturated rings. The van der Waals surface area contributed by atoms with Crippen LogP contribution in [0.5, 0.6) is 0 Å². The van der Waals surface area contributed by atoms with E-state index in [4.69, 9.17) is 11.6 Å². The third kappa shape index (κ3) is 1.76. The zero-order chi connectivity index (χ0) is 11.7. The summed E-state index contributed by atoms with van der Waals surface area (Å²) in [4.78, 5) is 23.2. The Labute approximate surface area is 95.9 Å². The number of halogens is 1. The van der Waals surface area contributed by atoms with Crippen LogP contribution < -0.4 is 10.6 Å². The Kier molecular flexibility index (Phi) is 2.61. The topological polar surface area (TPSA) is 84.7 Å². The molecule has 0 aromatic carbocycles. The second kappa shape index (κ2) is 3.93. The number of imidazole rings is 1. The molecule has 0 aliphatic carbocycles. The maximum atomic E-state index is 11.2. The second-order valence-corrected chi connectivity index (χ2v) is 3.41. The summed E-state index contributed by atoms with van der Waals surface area (Å²) < 4.78 is 1.69. The standard InChI is InChI=1S/C8H9ClN6O/c1-10-8(16)13-5-4-6(14-7(9)12-5)15(2)3-11-4/h3H,1-2H3,(H2,10,12,13,14,16). The third-order valence-corrected chi connectivity index (χ3v) is 2.16. The number of amides is 2. The van der Waals surface area contributed by atoms with Crippen molar-refractivity contribution in [2.45, 2.75) is 0 Å². The van der Waals surface area contributed by atoms with Gasteiger partial charge >= 0.3 is 6.03 Å². The molecule has 16 heavy (non-hydrogen) atoms. The minimum Gasteiger partial charge on any atom is -0.341 e. The molecule has 2 aromatic heterocycles. The summed E-state index contributed by atoms with van der Waals surface area (Å²) >= 11 is 5.74. The van der Waals surface area contributed by atoms with Gasteiger partial charge in [-0.3, -0.25) is 5.32 Å². The molecule has 0 aliphatic rings. The van der Waals surface area contributed by atoms with E-state index < -0.39 is 0 Å². The molecule has 84 valence electrons.